The predicted octanol–water partition coefficient (Wildman–Crippen LogP) is 3.36. The van der Waals surface area contributed by atoms with Gasteiger partial charge < -0.3 is 10.2 Å². The molecule has 19 heavy (non-hydrogen) atoms. The molecule has 1 aromatic carbocycles. The van der Waals surface area contributed by atoms with Crippen molar-refractivity contribution >= 4 is 0 Å². The first-order valence-corrected chi connectivity index (χ1v) is 7.65. The van der Waals surface area contributed by atoms with Gasteiger partial charge in [0.25, 0.3) is 0 Å². The second kappa shape index (κ2) is 6.53. The van der Waals surface area contributed by atoms with Gasteiger partial charge in [0.15, 0.2) is 0 Å². The molecule has 1 atom stereocenters. The van der Waals surface area contributed by atoms with Crippen molar-refractivity contribution in [3.05, 3.63) is 34.4 Å². The molecule has 0 aliphatic carbocycles. The summed E-state index contributed by atoms with van der Waals surface area (Å²) in [5.41, 5.74) is 5.75. The molecule has 0 saturated carbocycles. The van der Waals surface area contributed by atoms with E-state index in [2.05, 4.69) is 50.0 Å². The van der Waals surface area contributed by atoms with Crippen molar-refractivity contribution in [1.82, 2.24) is 10.2 Å². The highest BCUT2D eigenvalue weighted by Crippen LogP contribution is 2.25. The Kier molecular flexibility index (Phi) is 5.00. The van der Waals surface area contributed by atoms with E-state index in [4.69, 9.17) is 0 Å². The van der Waals surface area contributed by atoms with E-state index in [0.29, 0.717) is 6.04 Å². The summed E-state index contributed by atoms with van der Waals surface area (Å²) in [6.45, 7) is 13.6. The minimum atomic E-state index is 0.476. The molecule has 1 aliphatic heterocycles. The third-order valence-corrected chi connectivity index (χ3v) is 4.18. The van der Waals surface area contributed by atoms with E-state index < -0.39 is 0 Å². The van der Waals surface area contributed by atoms with E-state index in [1.807, 2.05) is 0 Å². The van der Waals surface area contributed by atoms with E-state index >= 15 is 0 Å². The minimum Gasteiger partial charge on any atom is -0.309 e. The van der Waals surface area contributed by atoms with Gasteiger partial charge in [0, 0.05) is 12.6 Å². The van der Waals surface area contributed by atoms with Gasteiger partial charge in [-0.2, -0.15) is 0 Å². The lowest BCUT2D eigenvalue weighted by atomic mass is 9.93. The first kappa shape index (κ1) is 14.5. The second-order valence-corrected chi connectivity index (χ2v) is 5.93. The first-order valence-electron chi connectivity index (χ1n) is 7.65. The molecule has 0 radical (unpaired) electrons. The van der Waals surface area contributed by atoms with Crippen LogP contribution in [0.4, 0.5) is 0 Å². The highest BCUT2D eigenvalue weighted by Gasteiger charge is 2.21. The molecule has 0 bridgehead atoms. The van der Waals surface area contributed by atoms with Crippen LogP contribution in [0.25, 0.3) is 0 Å². The summed E-state index contributed by atoms with van der Waals surface area (Å²) >= 11 is 0. The van der Waals surface area contributed by atoms with E-state index in [-0.39, 0.29) is 0 Å². The second-order valence-electron chi connectivity index (χ2n) is 5.93. The number of likely N-dealkylation sites (tertiary alicyclic amines) is 1. The monoisotopic (exact) mass is 260 g/mol. The lowest BCUT2D eigenvalue weighted by Crippen LogP contribution is -2.34. The van der Waals surface area contributed by atoms with Crippen LogP contribution < -0.4 is 5.32 Å². The van der Waals surface area contributed by atoms with Gasteiger partial charge in [-0.15, -0.1) is 0 Å². The van der Waals surface area contributed by atoms with Crippen molar-refractivity contribution in [3.63, 3.8) is 0 Å². The van der Waals surface area contributed by atoms with Crippen LogP contribution in [0.1, 0.15) is 48.1 Å². The minimum absolute atomic E-state index is 0.476. The topological polar surface area (TPSA) is 15.3 Å². The Morgan fingerprint density at radius 3 is 2.21 bits per heavy atom. The lowest BCUT2D eigenvalue weighted by molar-refractivity contribution is 0.293. The van der Waals surface area contributed by atoms with Gasteiger partial charge in [0.05, 0.1) is 0 Å². The smallest absolute Gasteiger partial charge is 0.0454 e. The van der Waals surface area contributed by atoms with Gasteiger partial charge in [-0.25, -0.2) is 0 Å². The summed E-state index contributed by atoms with van der Waals surface area (Å²) in [5.74, 6) is 0. The third-order valence-electron chi connectivity index (χ3n) is 4.18. The maximum absolute atomic E-state index is 3.69. The maximum atomic E-state index is 3.69. The molecule has 2 heteroatoms. The molecule has 1 N–H and O–H groups in total. The molecule has 1 fully saturated rings. The number of aryl methyl sites for hydroxylation is 3. The van der Waals surface area contributed by atoms with Crippen LogP contribution in [-0.4, -0.2) is 31.1 Å². The average molecular weight is 260 g/mol. The first-order chi connectivity index (χ1) is 9.11. The molecule has 106 valence electrons. The van der Waals surface area contributed by atoms with E-state index in [1.165, 1.54) is 48.2 Å². The van der Waals surface area contributed by atoms with Crippen LogP contribution in [0.5, 0.6) is 0 Å². The molecule has 1 unspecified atom stereocenters. The summed E-state index contributed by atoms with van der Waals surface area (Å²) in [5, 5.41) is 3.69. The molecule has 0 amide bonds. The van der Waals surface area contributed by atoms with Crippen LogP contribution in [0.3, 0.4) is 0 Å². The van der Waals surface area contributed by atoms with Crippen LogP contribution in [0.2, 0.25) is 0 Å². The molecule has 1 aliphatic rings. The van der Waals surface area contributed by atoms with Crippen LogP contribution in [-0.2, 0) is 0 Å². The van der Waals surface area contributed by atoms with Gasteiger partial charge in [0.1, 0.15) is 0 Å². The van der Waals surface area contributed by atoms with Gasteiger partial charge in [-0.3, -0.25) is 0 Å². The molecule has 2 rings (SSSR count). The van der Waals surface area contributed by atoms with Crippen molar-refractivity contribution < 1.29 is 0 Å². The largest absolute Gasteiger partial charge is 0.309 e. The lowest BCUT2D eigenvalue weighted by Gasteiger charge is -2.27. The highest BCUT2D eigenvalue weighted by molar-refractivity contribution is 5.39. The molecular weight excluding hydrogens is 232 g/mol. The molecule has 0 spiro atoms. The Labute approximate surface area is 118 Å². The fourth-order valence-corrected chi connectivity index (χ4v) is 3.47. The van der Waals surface area contributed by atoms with Gasteiger partial charge >= 0.3 is 0 Å². The molecule has 1 saturated heterocycles. The number of rotatable bonds is 5. The third kappa shape index (κ3) is 3.58. The molecule has 1 heterocycles. The number of benzene rings is 1. The quantitative estimate of drug-likeness (QED) is 0.873. The fourth-order valence-electron chi connectivity index (χ4n) is 3.47. The number of likely N-dealkylation sites (N-methyl/N-ethyl adjacent to an activating group) is 1. The maximum Gasteiger partial charge on any atom is 0.0454 e. The van der Waals surface area contributed by atoms with Crippen LogP contribution in [0, 0.1) is 20.8 Å². The van der Waals surface area contributed by atoms with Crippen molar-refractivity contribution in [2.24, 2.45) is 0 Å². The summed E-state index contributed by atoms with van der Waals surface area (Å²) in [4.78, 5) is 2.60. The van der Waals surface area contributed by atoms with E-state index in [9.17, 15) is 0 Å². The Morgan fingerprint density at radius 1 is 1.11 bits per heavy atom. The van der Waals surface area contributed by atoms with Gasteiger partial charge in [-0.05, 0) is 69.9 Å². The SMILES string of the molecule is CCNC(CN1CCCC1)c1c(C)cc(C)cc1C. The number of nitrogens with zero attached hydrogens (tertiary/aromatic N) is 1. The zero-order chi connectivity index (χ0) is 13.8. The Bertz CT molecular complexity index is 396. The Hall–Kier alpha value is -0.860. The predicted molar refractivity (Wildman–Crippen MR) is 82.7 cm³/mol. The molecule has 1 aromatic rings. The van der Waals surface area contributed by atoms with Crippen LogP contribution >= 0.6 is 0 Å². The zero-order valence-corrected chi connectivity index (χ0v) is 12.9. The summed E-state index contributed by atoms with van der Waals surface area (Å²) in [6.07, 6.45) is 2.73. The average Bonchev–Trinajstić information content (AvgIpc) is 2.80. The molecular formula is C17H28N2. The molecule has 0 aromatic heterocycles. The van der Waals surface area contributed by atoms with Crippen LogP contribution in [0.15, 0.2) is 12.1 Å². The normalized spacial score (nSPS) is 17.9. The zero-order valence-electron chi connectivity index (χ0n) is 12.9. The number of hydrogen-bond donors (Lipinski definition) is 1. The standard InChI is InChI=1S/C17H28N2/c1-5-18-16(12-19-8-6-7-9-19)17-14(3)10-13(2)11-15(17)4/h10-11,16,18H,5-9,12H2,1-4H3. The Morgan fingerprint density at radius 2 is 1.68 bits per heavy atom. The number of nitrogens with one attached hydrogen (secondary N) is 1. The van der Waals surface area contributed by atoms with Crippen molar-refractivity contribution in [3.8, 4) is 0 Å². The fraction of sp³-hybridized carbons (Fsp3) is 0.647. The summed E-state index contributed by atoms with van der Waals surface area (Å²) in [6, 6.07) is 5.11. The highest BCUT2D eigenvalue weighted by atomic mass is 15.2. The van der Waals surface area contributed by atoms with Gasteiger partial charge in [0.2, 0.25) is 0 Å². The van der Waals surface area contributed by atoms with Gasteiger partial charge in [-0.1, -0.05) is 24.6 Å². The van der Waals surface area contributed by atoms with Crippen molar-refractivity contribution in [1.29, 1.82) is 0 Å². The molecule has 2 nitrogen and oxygen atoms in total. The number of hydrogen-bond acceptors (Lipinski definition) is 2. The van der Waals surface area contributed by atoms with E-state index in [1.54, 1.807) is 0 Å². The Balaban J connectivity index is 2.22. The van der Waals surface area contributed by atoms with Crippen molar-refractivity contribution in [2.45, 2.75) is 46.6 Å². The summed E-state index contributed by atoms with van der Waals surface area (Å²) < 4.78 is 0. The van der Waals surface area contributed by atoms with Crippen molar-refractivity contribution in [2.75, 3.05) is 26.2 Å². The summed E-state index contributed by atoms with van der Waals surface area (Å²) in [7, 11) is 0. The van der Waals surface area contributed by atoms with E-state index in [0.717, 1.165) is 13.1 Å².